The third-order valence-corrected chi connectivity index (χ3v) is 5.00. The zero-order chi connectivity index (χ0) is 18.0. The molecule has 0 aromatic heterocycles. The van der Waals surface area contributed by atoms with Gasteiger partial charge in [0.05, 0.1) is 18.8 Å². The molecule has 1 aromatic rings. The lowest BCUT2D eigenvalue weighted by Gasteiger charge is -2.57. The van der Waals surface area contributed by atoms with Gasteiger partial charge in [0.1, 0.15) is 5.54 Å². The molecule has 1 fully saturated rings. The van der Waals surface area contributed by atoms with Gasteiger partial charge in [-0.1, -0.05) is 26.0 Å². The Morgan fingerprint density at radius 3 is 2.71 bits per heavy atom. The SMILES string of the molecule is CCOC1CC(N)(C(=O)Nc2cccc(COC(C)C)c2)C1(C)C. The molecule has 5 heteroatoms. The van der Waals surface area contributed by atoms with E-state index in [0.717, 1.165) is 11.3 Å². The van der Waals surface area contributed by atoms with Crippen molar-refractivity contribution in [2.45, 2.75) is 65.4 Å². The minimum absolute atomic E-state index is 0.0176. The summed E-state index contributed by atoms with van der Waals surface area (Å²) in [5.41, 5.74) is 6.86. The van der Waals surface area contributed by atoms with Crippen molar-refractivity contribution >= 4 is 11.6 Å². The molecule has 1 amide bonds. The van der Waals surface area contributed by atoms with Gasteiger partial charge >= 0.3 is 0 Å². The first kappa shape index (κ1) is 18.9. The van der Waals surface area contributed by atoms with Crippen molar-refractivity contribution in [3.05, 3.63) is 29.8 Å². The van der Waals surface area contributed by atoms with Crippen LogP contribution >= 0.6 is 0 Å². The maximum atomic E-state index is 12.7. The van der Waals surface area contributed by atoms with E-state index in [1.54, 1.807) is 0 Å². The van der Waals surface area contributed by atoms with Crippen molar-refractivity contribution in [3.63, 3.8) is 0 Å². The Labute approximate surface area is 144 Å². The number of carbonyl (C=O) groups excluding carboxylic acids is 1. The second kappa shape index (κ2) is 7.21. The van der Waals surface area contributed by atoms with Gasteiger partial charge in [-0.3, -0.25) is 4.79 Å². The fourth-order valence-electron chi connectivity index (χ4n) is 3.06. The molecule has 0 saturated heterocycles. The minimum Gasteiger partial charge on any atom is -0.378 e. The van der Waals surface area contributed by atoms with E-state index in [1.165, 1.54) is 0 Å². The van der Waals surface area contributed by atoms with E-state index in [0.29, 0.717) is 19.6 Å². The summed E-state index contributed by atoms with van der Waals surface area (Å²) in [5, 5.41) is 2.96. The smallest absolute Gasteiger partial charge is 0.245 e. The first-order valence-corrected chi connectivity index (χ1v) is 8.63. The Bertz CT molecular complexity index is 586. The molecule has 1 aromatic carbocycles. The van der Waals surface area contributed by atoms with E-state index in [2.05, 4.69) is 5.32 Å². The Balaban J connectivity index is 2.03. The summed E-state index contributed by atoms with van der Waals surface area (Å²) < 4.78 is 11.3. The molecular weight excluding hydrogens is 304 g/mol. The van der Waals surface area contributed by atoms with Crippen LogP contribution < -0.4 is 11.1 Å². The molecule has 134 valence electrons. The van der Waals surface area contributed by atoms with Crippen LogP contribution in [0.1, 0.15) is 46.6 Å². The van der Waals surface area contributed by atoms with Crippen molar-refractivity contribution < 1.29 is 14.3 Å². The quantitative estimate of drug-likeness (QED) is 0.803. The fourth-order valence-corrected chi connectivity index (χ4v) is 3.06. The van der Waals surface area contributed by atoms with E-state index in [-0.39, 0.29) is 18.1 Å². The summed E-state index contributed by atoms with van der Waals surface area (Å²) in [5.74, 6) is -0.162. The average Bonchev–Trinajstić information content (AvgIpc) is 2.52. The van der Waals surface area contributed by atoms with Crippen LogP contribution in [0.2, 0.25) is 0 Å². The summed E-state index contributed by atoms with van der Waals surface area (Å²) in [4.78, 5) is 12.7. The Morgan fingerprint density at radius 1 is 1.42 bits per heavy atom. The number of hydrogen-bond donors (Lipinski definition) is 2. The molecule has 5 nitrogen and oxygen atoms in total. The topological polar surface area (TPSA) is 73.6 Å². The number of anilines is 1. The maximum Gasteiger partial charge on any atom is 0.245 e. The Kier molecular flexibility index (Phi) is 5.68. The van der Waals surface area contributed by atoms with Crippen LogP contribution in [0.4, 0.5) is 5.69 Å². The molecular formula is C19H30N2O3. The highest BCUT2D eigenvalue weighted by atomic mass is 16.5. The number of hydrogen-bond acceptors (Lipinski definition) is 4. The number of nitrogens with two attached hydrogens (primary N) is 1. The van der Waals surface area contributed by atoms with Crippen LogP contribution in [0.3, 0.4) is 0 Å². The average molecular weight is 334 g/mol. The van der Waals surface area contributed by atoms with Gasteiger partial charge < -0.3 is 20.5 Å². The van der Waals surface area contributed by atoms with Gasteiger partial charge in [0.25, 0.3) is 0 Å². The number of carbonyl (C=O) groups is 1. The number of amides is 1. The molecule has 2 atom stereocenters. The molecule has 1 aliphatic carbocycles. The van der Waals surface area contributed by atoms with E-state index in [9.17, 15) is 4.79 Å². The lowest BCUT2D eigenvalue weighted by molar-refractivity contribution is -0.166. The zero-order valence-corrected chi connectivity index (χ0v) is 15.4. The molecule has 0 heterocycles. The van der Waals surface area contributed by atoms with Crippen molar-refractivity contribution in [3.8, 4) is 0 Å². The van der Waals surface area contributed by atoms with Gasteiger partial charge in [0.15, 0.2) is 0 Å². The highest BCUT2D eigenvalue weighted by molar-refractivity contribution is 5.99. The molecule has 2 rings (SSSR count). The van der Waals surface area contributed by atoms with Gasteiger partial charge in [0, 0.05) is 24.1 Å². The summed E-state index contributed by atoms with van der Waals surface area (Å²) >= 11 is 0. The van der Waals surface area contributed by atoms with Crippen LogP contribution in [-0.2, 0) is 20.9 Å². The summed E-state index contributed by atoms with van der Waals surface area (Å²) in [6.07, 6.45) is 0.724. The predicted molar refractivity (Wildman–Crippen MR) is 95.7 cm³/mol. The highest BCUT2D eigenvalue weighted by Crippen LogP contribution is 2.50. The van der Waals surface area contributed by atoms with Crippen molar-refractivity contribution in [2.75, 3.05) is 11.9 Å². The summed E-state index contributed by atoms with van der Waals surface area (Å²) in [6, 6.07) is 7.68. The monoisotopic (exact) mass is 334 g/mol. The predicted octanol–water partition coefficient (Wildman–Crippen LogP) is 3.08. The molecule has 0 spiro atoms. The molecule has 0 radical (unpaired) electrons. The molecule has 1 aliphatic rings. The molecule has 3 N–H and O–H groups in total. The largest absolute Gasteiger partial charge is 0.378 e. The summed E-state index contributed by atoms with van der Waals surface area (Å²) in [6.45, 7) is 11.1. The van der Waals surface area contributed by atoms with Crippen LogP contribution in [0, 0.1) is 5.41 Å². The van der Waals surface area contributed by atoms with Crippen LogP contribution in [0.25, 0.3) is 0 Å². The van der Waals surface area contributed by atoms with Crippen LogP contribution in [0.15, 0.2) is 24.3 Å². The van der Waals surface area contributed by atoms with Crippen molar-refractivity contribution in [1.29, 1.82) is 0 Å². The number of benzene rings is 1. The van der Waals surface area contributed by atoms with Crippen LogP contribution in [0.5, 0.6) is 0 Å². The van der Waals surface area contributed by atoms with E-state index < -0.39 is 11.0 Å². The highest BCUT2D eigenvalue weighted by Gasteiger charge is 2.62. The normalized spacial score (nSPS) is 25.4. The minimum atomic E-state index is -0.919. The van der Waals surface area contributed by atoms with Crippen LogP contribution in [-0.4, -0.2) is 30.3 Å². The molecule has 0 bridgehead atoms. The Morgan fingerprint density at radius 2 is 2.12 bits per heavy atom. The molecule has 0 aliphatic heterocycles. The van der Waals surface area contributed by atoms with Gasteiger partial charge in [0.2, 0.25) is 5.91 Å². The van der Waals surface area contributed by atoms with Crippen molar-refractivity contribution in [2.24, 2.45) is 11.1 Å². The third-order valence-electron chi connectivity index (χ3n) is 5.00. The van der Waals surface area contributed by atoms with Gasteiger partial charge in [-0.25, -0.2) is 0 Å². The van der Waals surface area contributed by atoms with Gasteiger partial charge in [-0.15, -0.1) is 0 Å². The lowest BCUT2D eigenvalue weighted by atomic mass is 9.54. The molecule has 2 unspecified atom stereocenters. The van der Waals surface area contributed by atoms with E-state index in [1.807, 2.05) is 58.9 Å². The maximum absolute atomic E-state index is 12.7. The Hall–Kier alpha value is -1.43. The van der Waals surface area contributed by atoms with Crippen molar-refractivity contribution in [1.82, 2.24) is 0 Å². The molecule has 24 heavy (non-hydrogen) atoms. The molecule has 1 saturated carbocycles. The number of ether oxygens (including phenoxy) is 2. The fraction of sp³-hybridized carbons (Fsp3) is 0.632. The summed E-state index contributed by atoms with van der Waals surface area (Å²) in [7, 11) is 0. The van der Waals surface area contributed by atoms with Gasteiger partial charge in [-0.05, 0) is 38.5 Å². The third kappa shape index (κ3) is 3.63. The van der Waals surface area contributed by atoms with Gasteiger partial charge in [-0.2, -0.15) is 0 Å². The lowest BCUT2D eigenvalue weighted by Crippen LogP contribution is -2.74. The standard InChI is InChI=1S/C19H30N2O3/c1-6-23-16-11-19(20,18(16,4)5)17(22)21-15-9-7-8-14(10-15)12-24-13(2)3/h7-10,13,16H,6,11-12,20H2,1-5H3,(H,21,22). The second-order valence-corrected chi connectivity index (χ2v) is 7.36. The first-order chi connectivity index (χ1) is 11.2. The van der Waals surface area contributed by atoms with E-state index in [4.69, 9.17) is 15.2 Å². The number of nitrogens with one attached hydrogen (secondary N) is 1. The second-order valence-electron chi connectivity index (χ2n) is 7.36. The first-order valence-electron chi connectivity index (χ1n) is 8.63. The zero-order valence-electron chi connectivity index (χ0n) is 15.4. The number of rotatable bonds is 7. The van der Waals surface area contributed by atoms with E-state index >= 15 is 0 Å².